The first kappa shape index (κ1) is 29.2. The van der Waals surface area contributed by atoms with Gasteiger partial charge in [0.25, 0.3) is 0 Å². The van der Waals surface area contributed by atoms with E-state index in [2.05, 4.69) is 19.2 Å². The second-order valence-electron chi connectivity index (χ2n) is 8.56. The van der Waals surface area contributed by atoms with Gasteiger partial charge in [0.1, 0.15) is 18.4 Å². The van der Waals surface area contributed by atoms with Crippen molar-refractivity contribution in [3.63, 3.8) is 0 Å². The van der Waals surface area contributed by atoms with E-state index in [9.17, 15) is 24.3 Å². The van der Waals surface area contributed by atoms with Crippen molar-refractivity contribution in [1.29, 1.82) is 0 Å². The zero-order valence-electron chi connectivity index (χ0n) is 19.6. The van der Waals surface area contributed by atoms with E-state index in [0.29, 0.717) is 45.0 Å². The summed E-state index contributed by atoms with van der Waals surface area (Å²) in [5, 5.41) is 11.8. The van der Waals surface area contributed by atoms with Gasteiger partial charge in [0.05, 0.1) is 13.2 Å². The van der Waals surface area contributed by atoms with Crippen molar-refractivity contribution in [3.05, 3.63) is 0 Å². The monoisotopic (exact) mass is 443 g/mol. The summed E-state index contributed by atoms with van der Waals surface area (Å²) in [4.78, 5) is 46.6. The Kier molecular flexibility index (Phi) is 16.8. The lowest BCUT2D eigenvalue weighted by atomic mass is 10.0. The number of unbranched alkanes of at least 4 members (excludes halogenated alkanes) is 1. The molecular weight excluding hydrogens is 402 g/mol. The van der Waals surface area contributed by atoms with Crippen molar-refractivity contribution in [2.24, 2.45) is 11.8 Å². The van der Waals surface area contributed by atoms with Crippen molar-refractivity contribution in [2.45, 2.75) is 85.1 Å². The predicted molar refractivity (Wildman–Crippen MR) is 118 cm³/mol. The third kappa shape index (κ3) is 17.6. The van der Waals surface area contributed by atoms with E-state index < -0.39 is 12.0 Å². The van der Waals surface area contributed by atoms with Gasteiger partial charge < -0.3 is 19.9 Å². The summed E-state index contributed by atoms with van der Waals surface area (Å²) in [6, 6.07) is -1.04. The average molecular weight is 444 g/mol. The van der Waals surface area contributed by atoms with Crippen LogP contribution in [-0.4, -0.2) is 61.0 Å². The second-order valence-corrected chi connectivity index (χ2v) is 8.56. The van der Waals surface area contributed by atoms with Crippen molar-refractivity contribution in [1.82, 2.24) is 5.32 Å². The number of carbonyl (C=O) groups excluding carboxylic acids is 3. The molecule has 8 nitrogen and oxygen atoms in total. The first-order valence-electron chi connectivity index (χ1n) is 11.4. The number of rotatable bonds is 20. The van der Waals surface area contributed by atoms with E-state index in [0.717, 1.165) is 19.3 Å². The highest BCUT2D eigenvalue weighted by Crippen LogP contribution is 2.09. The normalized spacial score (nSPS) is 12.2. The minimum Gasteiger partial charge on any atom is -0.480 e. The molecule has 0 aliphatic heterocycles. The van der Waals surface area contributed by atoms with E-state index in [-0.39, 0.29) is 42.8 Å². The molecule has 0 fully saturated rings. The molecule has 0 aliphatic rings. The Morgan fingerprint density at radius 2 is 1.48 bits per heavy atom. The van der Waals surface area contributed by atoms with E-state index >= 15 is 0 Å². The van der Waals surface area contributed by atoms with Gasteiger partial charge in [0.2, 0.25) is 5.91 Å². The lowest BCUT2D eigenvalue weighted by molar-refractivity contribution is -0.142. The van der Waals surface area contributed by atoms with Gasteiger partial charge in [-0.15, -0.1) is 0 Å². The highest BCUT2D eigenvalue weighted by Gasteiger charge is 2.20. The van der Waals surface area contributed by atoms with E-state index in [1.165, 1.54) is 0 Å². The first-order chi connectivity index (χ1) is 14.6. The quantitative estimate of drug-likeness (QED) is 0.277. The zero-order chi connectivity index (χ0) is 23.6. The molecule has 0 aromatic rings. The molecule has 31 heavy (non-hydrogen) atoms. The second kappa shape index (κ2) is 17.8. The summed E-state index contributed by atoms with van der Waals surface area (Å²) in [6.45, 7) is 9.03. The van der Waals surface area contributed by atoms with E-state index in [1.807, 2.05) is 13.8 Å². The number of Topliss-reactive ketones (excluding diaryl/α,β-unsaturated/α-hetero) is 2. The molecule has 0 saturated heterocycles. The molecule has 1 atom stereocenters. The lowest BCUT2D eigenvalue weighted by Gasteiger charge is -2.14. The number of carboxylic acid groups (broad SMARTS) is 1. The Morgan fingerprint density at radius 1 is 0.806 bits per heavy atom. The number of carbonyl (C=O) groups is 4. The molecule has 180 valence electrons. The number of ketones is 2. The van der Waals surface area contributed by atoms with Crippen molar-refractivity contribution in [2.75, 3.05) is 26.4 Å². The van der Waals surface area contributed by atoms with Gasteiger partial charge in [-0.05, 0) is 25.2 Å². The average Bonchev–Trinajstić information content (AvgIpc) is 2.69. The van der Waals surface area contributed by atoms with Crippen molar-refractivity contribution >= 4 is 23.4 Å². The van der Waals surface area contributed by atoms with Gasteiger partial charge in [-0.25, -0.2) is 4.79 Å². The fourth-order valence-electron chi connectivity index (χ4n) is 2.72. The molecule has 0 unspecified atom stereocenters. The van der Waals surface area contributed by atoms with Crippen molar-refractivity contribution in [3.8, 4) is 0 Å². The number of nitrogens with one attached hydrogen (secondary N) is 1. The molecule has 1 amide bonds. The summed E-state index contributed by atoms with van der Waals surface area (Å²) in [5.74, 6) is -0.875. The number of amides is 1. The van der Waals surface area contributed by atoms with E-state index in [4.69, 9.17) is 9.47 Å². The molecule has 0 heterocycles. The fraction of sp³-hybridized carbons (Fsp3) is 0.826. The fourth-order valence-corrected chi connectivity index (χ4v) is 2.72. The van der Waals surface area contributed by atoms with Gasteiger partial charge in [-0.2, -0.15) is 0 Å². The highest BCUT2D eigenvalue weighted by molar-refractivity contribution is 5.84. The third-order valence-electron chi connectivity index (χ3n) is 4.79. The van der Waals surface area contributed by atoms with Crippen LogP contribution in [0.1, 0.15) is 79.1 Å². The third-order valence-corrected chi connectivity index (χ3v) is 4.79. The molecule has 0 rings (SSSR count). The number of carboxylic acids is 1. The van der Waals surface area contributed by atoms with Crippen LogP contribution in [0.15, 0.2) is 0 Å². The molecule has 0 saturated carbocycles. The molecule has 2 N–H and O–H groups in total. The standard InChI is InChI=1S/C23H41NO7/c1-17(2)8-5-6-10-22(27)24-20(23(28)29)12-11-19(25)9-7-13-30-14-15-31-16-21(26)18(3)4/h17-18,20H,5-16H2,1-4H3,(H,24,27)(H,28,29)/t20-/m0/s1. The Balaban J connectivity index is 3.86. The Labute approximate surface area is 186 Å². The van der Waals surface area contributed by atoms with Crippen LogP contribution in [0, 0.1) is 11.8 Å². The Hall–Kier alpha value is -1.80. The van der Waals surface area contributed by atoms with Crippen LogP contribution in [0.25, 0.3) is 0 Å². The molecule has 0 aromatic carbocycles. The maximum absolute atomic E-state index is 12.0. The van der Waals surface area contributed by atoms with Gasteiger partial charge in [0, 0.05) is 31.8 Å². The Morgan fingerprint density at radius 3 is 2.10 bits per heavy atom. The van der Waals surface area contributed by atoms with Crippen molar-refractivity contribution < 1.29 is 33.8 Å². The van der Waals surface area contributed by atoms with Crippen LogP contribution in [0.3, 0.4) is 0 Å². The molecular formula is C23H41NO7. The molecule has 0 spiro atoms. The smallest absolute Gasteiger partial charge is 0.326 e. The highest BCUT2D eigenvalue weighted by atomic mass is 16.5. The Bertz CT molecular complexity index is 546. The summed E-state index contributed by atoms with van der Waals surface area (Å²) in [6.07, 6.45) is 4.02. The minimum absolute atomic E-state index is 0.0457. The van der Waals surface area contributed by atoms with Crippen LogP contribution in [0.2, 0.25) is 0 Å². The number of aliphatic carboxylic acids is 1. The largest absolute Gasteiger partial charge is 0.480 e. The number of hydrogen-bond donors (Lipinski definition) is 2. The predicted octanol–water partition coefficient (Wildman–Crippen LogP) is 3.16. The summed E-state index contributed by atoms with van der Waals surface area (Å²) in [7, 11) is 0. The molecule has 8 heteroatoms. The number of ether oxygens (including phenoxy) is 2. The topological polar surface area (TPSA) is 119 Å². The van der Waals surface area contributed by atoms with Crippen LogP contribution in [-0.2, 0) is 28.7 Å². The van der Waals surface area contributed by atoms with Crippen LogP contribution >= 0.6 is 0 Å². The first-order valence-corrected chi connectivity index (χ1v) is 11.4. The van der Waals surface area contributed by atoms with Crippen LogP contribution in [0.4, 0.5) is 0 Å². The molecule has 0 bridgehead atoms. The minimum atomic E-state index is -1.12. The van der Waals surface area contributed by atoms with Crippen LogP contribution in [0.5, 0.6) is 0 Å². The molecule has 0 aliphatic carbocycles. The van der Waals surface area contributed by atoms with Gasteiger partial charge >= 0.3 is 5.97 Å². The summed E-state index contributed by atoms with van der Waals surface area (Å²) in [5.41, 5.74) is 0. The SMILES string of the molecule is CC(C)CCCCC(=O)N[C@@H](CCC(=O)CCCOCCOCC(=O)C(C)C)C(=O)O. The maximum atomic E-state index is 12.0. The van der Waals surface area contributed by atoms with Gasteiger partial charge in [-0.3, -0.25) is 14.4 Å². The molecule has 0 aromatic heterocycles. The van der Waals surface area contributed by atoms with Gasteiger partial charge in [0.15, 0.2) is 5.78 Å². The number of hydrogen-bond acceptors (Lipinski definition) is 6. The zero-order valence-corrected chi connectivity index (χ0v) is 19.6. The van der Waals surface area contributed by atoms with Crippen LogP contribution < -0.4 is 5.32 Å². The molecule has 0 radical (unpaired) electrons. The van der Waals surface area contributed by atoms with E-state index in [1.54, 1.807) is 0 Å². The summed E-state index contributed by atoms with van der Waals surface area (Å²) >= 11 is 0. The lowest BCUT2D eigenvalue weighted by Crippen LogP contribution is -2.41. The van der Waals surface area contributed by atoms with Gasteiger partial charge in [-0.1, -0.05) is 40.5 Å². The summed E-state index contributed by atoms with van der Waals surface area (Å²) < 4.78 is 10.6. The maximum Gasteiger partial charge on any atom is 0.326 e.